The van der Waals surface area contributed by atoms with E-state index in [1.165, 1.54) is 12.1 Å². The van der Waals surface area contributed by atoms with Gasteiger partial charge in [-0.1, -0.05) is 13.3 Å². The normalized spacial score (nSPS) is 13.3. The van der Waals surface area contributed by atoms with Gasteiger partial charge in [0.15, 0.2) is 0 Å². The summed E-state index contributed by atoms with van der Waals surface area (Å²) in [7, 11) is -3.88. The molecule has 0 heterocycles. The molecule has 0 fully saturated rings. The van der Waals surface area contributed by atoms with Crippen molar-refractivity contribution >= 4 is 15.7 Å². The van der Waals surface area contributed by atoms with Crippen molar-refractivity contribution < 1.29 is 12.8 Å². The average molecular weight is 275 g/mol. The van der Waals surface area contributed by atoms with Crippen LogP contribution in [0.5, 0.6) is 0 Å². The number of sulfonamides is 1. The molecule has 1 aromatic rings. The van der Waals surface area contributed by atoms with Gasteiger partial charge in [0, 0.05) is 12.6 Å². The Morgan fingerprint density at radius 2 is 2.11 bits per heavy atom. The van der Waals surface area contributed by atoms with Gasteiger partial charge >= 0.3 is 0 Å². The maximum Gasteiger partial charge on any atom is 0.238 e. The number of hydrogen-bond donors (Lipinski definition) is 3. The van der Waals surface area contributed by atoms with Gasteiger partial charge in [0.2, 0.25) is 10.0 Å². The first-order valence-corrected chi connectivity index (χ1v) is 7.22. The minimum Gasteiger partial charge on any atom is -0.379 e. The summed E-state index contributed by atoms with van der Waals surface area (Å²) in [5.74, 6) is -0.656. The Kier molecular flexibility index (Phi) is 5.06. The number of anilines is 1. The lowest BCUT2D eigenvalue weighted by Crippen LogP contribution is -2.29. The number of primary sulfonamides is 1. The summed E-state index contributed by atoms with van der Waals surface area (Å²) in [4.78, 5) is -0.245. The summed E-state index contributed by atoms with van der Waals surface area (Å²) >= 11 is 0. The quantitative estimate of drug-likeness (QED) is 0.721. The zero-order valence-corrected chi connectivity index (χ0v) is 11.0. The zero-order chi connectivity index (χ0) is 13.8. The highest BCUT2D eigenvalue weighted by molar-refractivity contribution is 7.89. The minimum absolute atomic E-state index is 0.0372. The van der Waals surface area contributed by atoms with Crippen molar-refractivity contribution in [2.24, 2.45) is 10.9 Å². The standard InChI is InChI=1S/C11H18FN3O2S/c1-2-3-8(7-13)15-11-5-4-9(6-10(11)12)18(14,16)17/h4-6,8,15H,2-3,7,13H2,1H3,(H2,14,16,17). The van der Waals surface area contributed by atoms with Crippen LogP contribution in [0.4, 0.5) is 10.1 Å². The molecule has 0 bridgehead atoms. The number of nitrogens with two attached hydrogens (primary N) is 2. The Bertz CT molecular complexity index is 505. The van der Waals surface area contributed by atoms with Gasteiger partial charge in [0.05, 0.1) is 10.6 Å². The molecule has 0 aliphatic rings. The van der Waals surface area contributed by atoms with Gasteiger partial charge in [0.25, 0.3) is 0 Å². The number of hydrogen-bond acceptors (Lipinski definition) is 4. The molecule has 1 unspecified atom stereocenters. The molecule has 1 atom stereocenters. The smallest absolute Gasteiger partial charge is 0.238 e. The van der Waals surface area contributed by atoms with Crippen LogP contribution in [0.2, 0.25) is 0 Å². The fourth-order valence-corrected chi connectivity index (χ4v) is 2.13. The minimum atomic E-state index is -3.88. The van der Waals surface area contributed by atoms with Crippen LogP contribution in [0, 0.1) is 5.82 Å². The molecule has 102 valence electrons. The SMILES string of the molecule is CCCC(CN)Nc1ccc(S(N)(=O)=O)cc1F. The van der Waals surface area contributed by atoms with E-state index in [4.69, 9.17) is 10.9 Å². The zero-order valence-electron chi connectivity index (χ0n) is 10.2. The van der Waals surface area contributed by atoms with Gasteiger partial charge in [-0.2, -0.15) is 0 Å². The molecule has 0 aliphatic carbocycles. The molecule has 0 aromatic heterocycles. The molecular weight excluding hydrogens is 257 g/mol. The highest BCUT2D eigenvalue weighted by Crippen LogP contribution is 2.19. The third kappa shape index (κ3) is 3.94. The van der Waals surface area contributed by atoms with Crippen LogP contribution in [0.1, 0.15) is 19.8 Å². The predicted molar refractivity (Wildman–Crippen MR) is 69.1 cm³/mol. The molecule has 5 nitrogen and oxygen atoms in total. The lowest BCUT2D eigenvalue weighted by atomic mass is 10.1. The topological polar surface area (TPSA) is 98.2 Å². The predicted octanol–water partition coefficient (Wildman–Crippen LogP) is 1.01. The summed E-state index contributed by atoms with van der Waals surface area (Å²) in [5, 5.41) is 7.86. The van der Waals surface area contributed by atoms with Crippen LogP contribution in [0.15, 0.2) is 23.1 Å². The van der Waals surface area contributed by atoms with E-state index in [9.17, 15) is 12.8 Å². The third-order valence-electron chi connectivity index (χ3n) is 2.55. The first-order valence-electron chi connectivity index (χ1n) is 5.67. The largest absolute Gasteiger partial charge is 0.379 e. The van der Waals surface area contributed by atoms with Crippen LogP contribution < -0.4 is 16.2 Å². The van der Waals surface area contributed by atoms with E-state index in [1.807, 2.05) is 6.92 Å². The highest BCUT2D eigenvalue weighted by atomic mass is 32.2. The van der Waals surface area contributed by atoms with Crippen LogP contribution in [0.25, 0.3) is 0 Å². The van der Waals surface area contributed by atoms with Crippen LogP contribution >= 0.6 is 0 Å². The van der Waals surface area contributed by atoms with Crippen molar-refractivity contribution in [1.29, 1.82) is 0 Å². The molecule has 1 aromatic carbocycles. The van der Waals surface area contributed by atoms with Crippen molar-refractivity contribution in [3.63, 3.8) is 0 Å². The maximum absolute atomic E-state index is 13.7. The molecular formula is C11H18FN3O2S. The Morgan fingerprint density at radius 1 is 1.44 bits per heavy atom. The second-order valence-electron chi connectivity index (χ2n) is 4.05. The monoisotopic (exact) mass is 275 g/mol. The first kappa shape index (κ1) is 14.9. The van der Waals surface area contributed by atoms with Crippen LogP contribution in [-0.4, -0.2) is 21.0 Å². The van der Waals surface area contributed by atoms with E-state index in [-0.39, 0.29) is 16.6 Å². The maximum atomic E-state index is 13.7. The molecule has 0 saturated carbocycles. The molecule has 0 spiro atoms. The Labute approximate surface area is 106 Å². The molecule has 18 heavy (non-hydrogen) atoms. The second-order valence-corrected chi connectivity index (χ2v) is 5.61. The van der Waals surface area contributed by atoms with Gasteiger partial charge in [-0.05, 0) is 24.6 Å². The molecule has 0 saturated heterocycles. The summed E-state index contributed by atoms with van der Waals surface area (Å²) in [5.41, 5.74) is 5.78. The molecule has 1 rings (SSSR count). The second kappa shape index (κ2) is 6.12. The van der Waals surface area contributed by atoms with Crippen molar-refractivity contribution in [2.75, 3.05) is 11.9 Å². The molecule has 7 heteroatoms. The number of rotatable bonds is 6. The summed E-state index contributed by atoms with van der Waals surface area (Å²) < 4.78 is 35.8. The van der Waals surface area contributed by atoms with Gasteiger partial charge in [-0.15, -0.1) is 0 Å². The molecule has 0 aliphatic heterocycles. The van der Waals surface area contributed by atoms with Gasteiger partial charge in [-0.3, -0.25) is 0 Å². The highest BCUT2D eigenvalue weighted by Gasteiger charge is 2.13. The van der Waals surface area contributed by atoms with E-state index < -0.39 is 15.8 Å². The summed E-state index contributed by atoms with van der Waals surface area (Å²) in [6.45, 7) is 2.38. The Balaban J connectivity index is 2.92. The van der Waals surface area contributed by atoms with Gasteiger partial charge in [0.1, 0.15) is 5.82 Å². The lowest BCUT2D eigenvalue weighted by molar-refractivity contribution is 0.590. The average Bonchev–Trinajstić information content (AvgIpc) is 2.29. The van der Waals surface area contributed by atoms with Crippen molar-refractivity contribution in [3.05, 3.63) is 24.0 Å². The third-order valence-corrected chi connectivity index (χ3v) is 3.46. The number of halogens is 1. The molecule has 0 radical (unpaired) electrons. The molecule has 0 amide bonds. The van der Waals surface area contributed by atoms with E-state index in [2.05, 4.69) is 5.32 Å². The number of nitrogens with one attached hydrogen (secondary N) is 1. The Hall–Kier alpha value is -1.18. The van der Waals surface area contributed by atoms with Crippen molar-refractivity contribution in [2.45, 2.75) is 30.7 Å². The van der Waals surface area contributed by atoms with E-state index >= 15 is 0 Å². The number of benzene rings is 1. The van der Waals surface area contributed by atoms with Gasteiger partial charge in [-0.25, -0.2) is 17.9 Å². The van der Waals surface area contributed by atoms with Crippen LogP contribution in [0.3, 0.4) is 0 Å². The van der Waals surface area contributed by atoms with Crippen molar-refractivity contribution in [3.8, 4) is 0 Å². The summed E-state index contributed by atoms with van der Waals surface area (Å²) in [6, 6.07) is 3.48. The van der Waals surface area contributed by atoms with E-state index in [0.29, 0.717) is 6.54 Å². The van der Waals surface area contributed by atoms with Gasteiger partial charge < -0.3 is 11.1 Å². The Morgan fingerprint density at radius 3 is 2.56 bits per heavy atom. The van der Waals surface area contributed by atoms with Crippen molar-refractivity contribution in [1.82, 2.24) is 0 Å². The van der Waals surface area contributed by atoms with Crippen LogP contribution in [-0.2, 0) is 10.0 Å². The lowest BCUT2D eigenvalue weighted by Gasteiger charge is -2.18. The van der Waals surface area contributed by atoms with E-state index in [0.717, 1.165) is 18.9 Å². The fraction of sp³-hybridized carbons (Fsp3) is 0.455. The van der Waals surface area contributed by atoms with E-state index in [1.54, 1.807) is 0 Å². The summed E-state index contributed by atoms with van der Waals surface area (Å²) in [6.07, 6.45) is 1.73. The first-order chi connectivity index (χ1) is 8.38. The molecule has 5 N–H and O–H groups in total. The fourth-order valence-electron chi connectivity index (χ4n) is 1.61.